The number of likely N-dealkylation sites (tertiary alicyclic amines) is 1. The predicted molar refractivity (Wildman–Crippen MR) is 86.5 cm³/mol. The van der Waals surface area contributed by atoms with E-state index in [0.29, 0.717) is 18.4 Å². The molecular weight excluding hydrogens is 274 g/mol. The second kappa shape index (κ2) is 6.14. The molecule has 0 N–H and O–H groups in total. The number of nitrogens with zero attached hydrogens (tertiary/aromatic N) is 1. The lowest BCUT2D eigenvalue weighted by Gasteiger charge is -2.56. The van der Waals surface area contributed by atoms with Gasteiger partial charge in [0.2, 0.25) is 0 Å². The Hall–Kier alpha value is -0.570. The zero-order valence-electron chi connectivity index (χ0n) is 13.9. The van der Waals surface area contributed by atoms with Crippen LogP contribution in [-0.2, 0) is 9.53 Å². The molecule has 1 heterocycles. The van der Waals surface area contributed by atoms with Crippen molar-refractivity contribution < 1.29 is 9.53 Å². The number of carbonyl (C=O) groups is 1. The van der Waals surface area contributed by atoms with Crippen LogP contribution >= 0.6 is 0 Å². The van der Waals surface area contributed by atoms with Crippen molar-refractivity contribution in [2.45, 2.75) is 64.2 Å². The zero-order valence-corrected chi connectivity index (χ0v) is 13.9. The average molecular weight is 305 g/mol. The van der Waals surface area contributed by atoms with E-state index in [0.717, 1.165) is 24.3 Å². The fourth-order valence-electron chi connectivity index (χ4n) is 6.34. The van der Waals surface area contributed by atoms with Gasteiger partial charge in [-0.15, -0.1) is 0 Å². The molecule has 0 amide bonds. The Morgan fingerprint density at radius 3 is 2.14 bits per heavy atom. The van der Waals surface area contributed by atoms with Gasteiger partial charge in [-0.1, -0.05) is 6.42 Å². The Morgan fingerprint density at radius 2 is 1.55 bits per heavy atom. The molecule has 0 spiro atoms. The highest BCUT2D eigenvalue weighted by atomic mass is 16.5. The summed E-state index contributed by atoms with van der Waals surface area (Å²) in [5, 5.41) is 0. The minimum absolute atomic E-state index is 0.0824. The SMILES string of the molecule is O=C(CC12CC3CC(CC(C3)C1)C2)OCCN1CCCCC1. The van der Waals surface area contributed by atoms with Crippen LogP contribution in [0.2, 0.25) is 0 Å². The van der Waals surface area contributed by atoms with Crippen LogP contribution in [-0.4, -0.2) is 37.1 Å². The first-order chi connectivity index (χ1) is 10.7. The van der Waals surface area contributed by atoms with E-state index in [9.17, 15) is 4.79 Å². The molecule has 5 fully saturated rings. The monoisotopic (exact) mass is 305 g/mol. The van der Waals surface area contributed by atoms with Gasteiger partial charge < -0.3 is 4.74 Å². The summed E-state index contributed by atoms with van der Waals surface area (Å²) in [6.07, 6.45) is 12.9. The number of ether oxygens (including phenoxy) is 1. The van der Waals surface area contributed by atoms with Gasteiger partial charge in [-0.2, -0.15) is 0 Å². The molecule has 22 heavy (non-hydrogen) atoms. The molecule has 1 aliphatic heterocycles. The molecule has 5 aliphatic rings. The first-order valence-electron chi connectivity index (χ1n) is 9.59. The fraction of sp³-hybridized carbons (Fsp3) is 0.947. The molecule has 0 unspecified atom stereocenters. The number of hydrogen-bond acceptors (Lipinski definition) is 3. The van der Waals surface area contributed by atoms with Crippen molar-refractivity contribution in [3.05, 3.63) is 0 Å². The minimum atomic E-state index is 0.0824. The van der Waals surface area contributed by atoms with E-state index in [-0.39, 0.29) is 5.97 Å². The maximum absolute atomic E-state index is 12.3. The highest BCUT2D eigenvalue weighted by molar-refractivity contribution is 5.70. The van der Waals surface area contributed by atoms with E-state index in [2.05, 4.69) is 4.90 Å². The van der Waals surface area contributed by atoms with Gasteiger partial charge in [0, 0.05) is 6.54 Å². The van der Waals surface area contributed by atoms with Crippen molar-refractivity contribution in [3.8, 4) is 0 Å². The van der Waals surface area contributed by atoms with Gasteiger partial charge in [0.1, 0.15) is 6.61 Å². The zero-order chi connectivity index (χ0) is 15.0. The van der Waals surface area contributed by atoms with E-state index < -0.39 is 0 Å². The number of carbonyl (C=O) groups excluding carboxylic acids is 1. The quantitative estimate of drug-likeness (QED) is 0.727. The van der Waals surface area contributed by atoms with Gasteiger partial charge in [0.05, 0.1) is 6.42 Å². The summed E-state index contributed by atoms with van der Waals surface area (Å²) in [6.45, 7) is 3.91. The molecule has 3 nitrogen and oxygen atoms in total. The molecule has 0 aromatic carbocycles. The van der Waals surface area contributed by atoms with Crippen LogP contribution in [0.25, 0.3) is 0 Å². The van der Waals surface area contributed by atoms with E-state index in [1.54, 1.807) is 0 Å². The molecule has 1 saturated heterocycles. The standard InChI is InChI=1S/C19H31NO2/c21-18(22-7-6-20-4-2-1-3-5-20)14-19-11-15-8-16(12-19)10-17(9-15)13-19/h15-17H,1-14H2. The number of esters is 1. The van der Waals surface area contributed by atoms with E-state index in [1.807, 2.05) is 0 Å². The summed E-state index contributed by atoms with van der Waals surface area (Å²) in [7, 11) is 0. The van der Waals surface area contributed by atoms with Crippen LogP contribution in [0, 0.1) is 23.2 Å². The number of rotatable bonds is 5. The van der Waals surface area contributed by atoms with Gasteiger partial charge in [0.25, 0.3) is 0 Å². The van der Waals surface area contributed by atoms with Gasteiger partial charge in [-0.05, 0) is 87.6 Å². The Kier molecular flexibility index (Phi) is 4.19. The van der Waals surface area contributed by atoms with Crippen LogP contribution < -0.4 is 0 Å². The summed E-state index contributed by atoms with van der Waals surface area (Å²) in [5.41, 5.74) is 0.330. The second-order valence-electron chi connectivity index (χ2n) is 8.72. The van der Waals surface area contributed by atoms with Crippen LogP contribution in [0.1, 0.15) is 64.2 Å². The summed E-state index contributed by atoms with van der Waals surface area (Å²) in [5.74, 6) is 2.85. The van der Waals surface area contributed by atoms with Gasteiger partial charge in [-0.25, -0.2) is 0 Å². The first kappa shape index (κ1) is 15.0. The predicted octanol–water partition coefficient (Wildman–Crippen LogP) is 3.62. The van der Waals surface area contributed by atoms with Crippen LogP contribution in [0.15, 0.2) is 0 Å². The van der Waals surface area contributed by atoms with Crippen molar-refractivity contribution in [1.82, 2.24) is 4.90 Å². The molecule has 124 valence electrons. The van der Waals surface area contributed by atoms with Crippen molar-refractivity contribution in [2.75, 3.05) is 26.2 Å². The topological polar surface area (TPSA) is 29.5 Å². The van der Waals surface area contributed by atoms with Crippen molar-refractivity contribution >= 4 is 5.97 Å². The minimum Gasteiger partial charge on any atom is -0.464 e. The third kappa shape index (κ3) is 3.20. The Balaban J connectivity index is 1.24. The van der Waals surface area contributed by atoms with E-state index in [4.69, 9.17) is 4.74 Å². The lowest BCUT2D eigenvalue weighted by Crippen LogP contribution is -2.47. The maximum atomic E-state index is 12.3. The Bertz CT molecular complexity index is 378. The first-order valence-corrected chi connectivity index (χ1v) is 9.59. The Labute approximate surface area is 134 Å². The van der Waals surface area contributed by atoms with Crippen LogP contribution in [0.4, 0.5) is 0 Å². The molecule has 4 saturated carbocycles. The smallest absolute Gasteiger partial charge is 0.306 e. The van der Waals surface area contributed by atoms with Gasteiger partial charge in [-0.3, -0.25) is 9.69 Å². The molecule has 4 bridgehead atoms. The van der Waals surface area contributed by atoms with Gasteiger partial charge >= 0.3 is 5.97 Å². The van der Waals surface area contributed by atoms with Crippen LogP contribution in [0.5, 0.6) is 0 Å². The highest BCUT2D eigenvalue weighted by Crippen LogP contribution is 2.61. The molecule has 0 radical (unpaired) electrons. The van der Waals surface area contributed by atoms with Crippen molar-refractivity contribution in [1.29, 1.82) is 0 Å². The molecule has 3 heteroatoms. The lowest BCUT2D eigenvalue weighted by molar-refractivity contribution is -0.152. The summed E-state index contributed by atoms with van der Waals surface area (Å²) < 4.78 is 5.60. The van der Waals surface area contributed by atoms with Gasteiger partial charge in [0.15, 0.2) is 0 Å². The average Bonchev–Trinajstić information content (AvgIpc) is 2.46. The third-order valence-corrected chi connectivity index (χ3v) is 6.80. The summed E-state index contributed by atoms with van der Waals surface area (Å²) >= 11 is 0. The molecular formula is C19H31NO2. The fourth-order valence-corrected chi connectivity index (χ4v) is 6.34. The van der Waals surface area contributed by atoms with Crippen LogP contribution in [0.3, 0.4) is 0 Å². The molecule has 0 atom stereocenters. The molecule has 5 rings (SSSR count). The highest BCUT2D eigenvalue weighted by Gasteiger charge is 2.51. The molecule has 4 aliphatic carbocycles. The Morgan fingerprint density at radius 1 is 0.955 bits per heavy atom. The molecule has 0 aromatic rings. The van der Waals surface area contributed by atoms with Crippen molar-refractivity contribution in [3.63, 3.8) is 0 Å². The summed E-state index contributed by atoms with van der Waals surface area (Å²) in [6, 6.07) is 0. The van der Waals surface area contributed by atoms with Crippen molar-refractivity contribution in [2.24, 2.45) is 23.2 Å². The maximum Gasteiger partial charge on any atom is 0.306 e. The third-order valence-electron chi connectivity index (χ3n) is 6.80. The number of piperidine rings is 1. The normalized spacial score (nSPS) is 40.8. The van der Waals surface area contributed by atoms with E-state index >= 15 is 0 Å². The molecule has 0 aromatic heterocycles. The summed E-state index contributed by atoms with van der Waals surface area (Å²) in [4.78, 5) is 14.8. The largest absolute Gasteiger partial charge is 0.464 e. The van der Waals surface area contributed by atoms with E-state index in [1.165, 1.54) is 70.9 Å². The lowest BCUT2D eigenvalue weighted by atomic mass is 9.49. The second-order valence-corrected chi connectivity index (χ2v) is 8.72. The number of hydrogen-bond donors (Lipinski definition) is 0.